The van der Waals surface area contributed by atoms with Gasteiger partial charge in [0, 0.05) is 19.3 Å². The number of nitrogens with zero attached hydrogens (tertiary/aromatic N) is 2. The molecule has 0 spiro atoms. The third-order valence-electron chi connectivity index (χ3n) is 2.28. The normalized spacial score (nSPS) is 9.83. The Balaban J connectivity index is 2.50. The molecule has 18 heavy (non-hydrogen) atoms. The van der Waals surface area contributed by atoms with Crippen molar-refractivity contribution >= 4 is 17.7 Å². The summed E-state index contributed by atoms with van der Waals surface area (Å²) in [5.74, 6) is 0.458. The van der Waals surface area contributed by atoms with Crippen LogP contribution in [0.4, 0.5) is 0 Å². The Labute approximate surface area is 113 Å². The topological polar surface area (TPSA) is 33.2 Å². The van der Waals surface area contributed by atoms with Crippen LogP contribution in [0.3, 0.4) is 0 Å². The molecule has 0 saturated heterocycles. The van der Waals surface area contributed by atoms with Crippen molar-refractivity contribution in [1.29, 1.82) is 0 Å². The van der Waals surface area contributed by atoms with Gasteiger partial charge in [-0.3, -0.25) is 4.79 Å². The molecule has 1 rings (SSSR count). The number of carbonyl (C=O) groups excluding carboxylic acids is 1. The van der Waals surface area contributed by atoms with Crippen molar-refractivity contribution in [2.45, 2.75) is 11.9 Å². The molecule has 1 aromatic rings. The largest absolute Gasteiger partial charge is 0.335 e. The van der Waals surface area contributed by atoms with E-state index in [1.165, 1.54) is 11.8 Å². The minimum Gasteiger partial charge on any atom is -0.335 e. The van der Waals surface area contributed by atoms with E-state index in [0.717, 1.165) is 10.6 Å². The van der Waals surface area contributed by atoms with Crippen molar-refractivity contribution in [3.8, 4) is 0 Å². The maximum atomic E-state index is 11.9. The lowest BCUT2D eigenvalue weighted by atomic mass is 10.3. The van der Waals surface area contributed by atoms with E-state index in [1.807, 2.05) is 19.1 Å². The highest BCUT2D eigenvalue weighted by molar-refractivity contribution is 7.99. The van der Waals surface area contributed by atoms with Crippen LogP contribution in [-0.4, -0.2) is 34.6 Å². The highest BCUT2D eigenvalue weighted by Crippen LogP contribution is 2.15. The number of rotatable bonds is 7. The molecule has 0 radical (unpaired) electrons. The fourth-order valence-corrected chi connectivity index (χ4v) is 2.10. The van der Waals surface area contributed by atoms with Gasteiger partial charge in [-0.05, 0) is 18.6 Å². The lowest BCUT2D eigenvalue weighted by molar-refractivity contribution is -0.127. The molecule has 0 aliphatic rings. The van der Waals surface area contributed by atoms with Gasteiger partial charge in [-0.25, -0.2) is 4.98 Å². The van der Waals surface area contributed by atoms with Crippen molar-refractivity contribution in [2.24, 2.45) is 0 Å². The fourth-order valence-electron chi connectivity index (χ4n) is 1.36. The Bertz CT molecular complexity index is 404. The highest BCUT2D eigenvalue weighted by atomic mass is 32.2. The van der Waals surface area contributed by atoms with E-state index >= 15 is 0 Å². The first kappa shape index (κ1) is 14.5. The number of thioether (sulfide) groups is 1. The van der Waals surface area contributed by atoms with Crippen LogP contribution in [0.15, 0.2) is 48.7 Å². The molecule has 0 atom stereocenters. The van der Waals surface area contributed by atoms with Crippen LogP contribution in [-0.2, 0) is 4.79 Å². The number of pyridine rings is 1. The van der Waals surface area contributed by atoms with Gasteiger partial charge in [0.05, 0.1) is 10.8 Å². The third kappa shape index (κ3) is 4.75. The number of aryl methyl sites for hydroxylation is 1. The van der Waals surface area contributed by atoms with Crippen LogP contribution in [0, 0.1) is 6.92 Å². The summed E-state index contributed by atoms with van der Waals surface area (Å²) in [5.41, 5.74) is 1.12. The quantitative estimate of drug-likeness (QED) is 0.559. The van der Waals surface area contributed by atoms with Crippen LogP contribution < -0.4 is 0 Å². The lowest BCUT2D eigenvalue weighted by Gasteiger charge is -2.18. The van der Waals surface area contributed by atoms with Crippen LogP contribution in [0.1, 0.15) is 5.56 Å². The maximum Gasteiger partial charge on any atom is 0.233 e. The SMILES string of the molecule is C=CCN(CC=C)C(=O)CSc1ccc(C)cn1. The summed E-state index contributed by atoms with van der Waals surface area (Å²) in [6.07, 6.45) is 5.24. The first-order chi connectivity index (χ1) is 8.67. The Morgan fingerprint density at radius 3 is 2.56 bits per heavy atom. The minimum absolute atomic E-state index is 0.0715. The molecular weight excluding hydrogens is 244 g/mol. The number of carbonyl (C=O) groups is 1. The molecule has 0 aliphatic carbocycles. The van der Waals surface area contributed by atoms with Gasteiger partial charge in [-0.2, -0.15) is 0 Å². The summed E-state index contributed by atoms with van der Waals surface area (Å²) < 4.78 is 0. The van der Waals surface area contributed by atoms with E-state index in [1.54, 1.807) is 23.2 Å². The van der Waals surface area contributed by atoms with Gasteiger partial charge >= 0.3 is 0 Å². The molecule has 0 N–H and O–H groups in total. The van der Waals surface area contributed by atoms with Gasteiger partial charge < -0.3 is 4.90 Å². The van der Waals surface area contributed by atoms with Crippen LogP contribution >= 0.6 is 11.8 Å². The predicted molar refractivity (Wildman–Crippen MR) is 76.7 cm³/mol. The second-order valence-electron chi connectivity index (χ2n) is 3.84. The highest BCUT2D eigenvalue weighted by Gasteiger charge is 2.11. The van der Waals surface area contributed by atoms with Crippen molar-refractivity contribution in [3.05, 3.63) is 49.2 Å². The average molecular weight is 262 g/mol. The summed E-state index contributed by atoms with van der Waals surface area (Å²) in [5, 5.41) is 0.867. The molecule has 0 aromatic carbocycles. The molecule has 96 valence electrons. The molecule has 3 nitrogen and oxygen atoms in total. The molecule has 0 unspecified atom stereocenters. The zero-order valence-electron chi connectivity index (χ0n) is 10.6. The second kappa shape index (κ2) is 7.71. The van der Waals surface area contributed by atoms with Crippen LogP contribution in [0.5, 0.6) is 0 Å². The lowest BCUT2D eigenvalue weighted by Crippen LogP contribution is -2.32. The van der Waals surface area contributed by atoms with Gasteiger partial charge in [-0.1, -0.05) is 30.0 Å². The Morgan fingerprint density at radius 2 is 2.06 bits per heavy atom. The average Bonchev–Trinajstić information content (AvgIpc) is 2.37. The molecule has 4 heteroatoms. The summed E-state index contributed by atoms with van der Waals surface area (Å²) in [7, 11) is 0. The molecule has 0 saturated carbocycles. The standard InChI is InChI=1S/C14H18N2OS/c1-4-8-16(9-5-2)14(17)11-18-13-7-6-12(3)10-15-13/h4-7,10H,1-2,8-9,11H2,3H3. The summed E-state index contributed by atoms with van der Waals surface area (Å²) in [6.45, 7) is 10.4. The predicted octanol–water partition coefficient (Wildman–Crippen LogP) is 2.68. The zero-order chi connectivity index (χ0) is 13.4. The summed E-state index contributed by atoms with van der Waals surface area (Å²) >= 11 is 1.45. The first-order valence-corrected chi connectivity index (χ1v) is 6.71. The number of hydrogen-bond donors (Lipinski definition) is 0. The van der Waals surface area contributed by atoms with Crippen molar-refractivity contribution in [2.75, 3.05) is 18.8 Å². The zero-order valence-corrected chi connectivity index (χ0v) is 11.4. The van der Waals surface area contributed by atoms with Gasteiger partial charge in [0.2, 0.25) is 5.91 Å². The smallest absolute Gasteiger partial charge is 0.233 e. The van der Waals surface area contributed by atoms with E-state index in [4.69, 9.17) is 0 Å². The Morgan fingerprint density at radius 1 is 1.39 bits per heavy atom. The van der Waals surface area contributed by atoms with Crippen molar-refractivity contribution in [1.82, 2.24) is 9.88 Å². The van der Waals surface area contributed by atoms with E-state index < -0.39 is 0 Å². The van der Waals surface area contributed by atoms with E-state index in [-0.39, 0.29) is 5.91 Å². The van der Waals surface area contributed by atoms with Gasteiger partial charge in [0.1, 0.15) is 0 Å². The Hall–Kier alpha value is -1.55. The minimum atomic E-state index is 0.0715. The van der Waals surface area contributed by atoms with Crippen molar-refractivity contribution < 1.29 is 4.79 Å². The molecule has 0 fully saturated rings. The molecule has 0 bridgehead atoms. The van der Waals surface area contributed by atoms with E-state index in [2.05, 4.69) is 18.1 Å². The fraction of sp³-hybridized carbons (Fsp3) is 0.286. The van der Waals surface area contributed by atoms with Gasteiger partial charge in [-0.15, -0.1) is 13.2 Å². The van der Waals surface area contributed by atoms with Gasteiger partial charge in [0.15, 0.2) is 0 Å². The maximum absolute atomic E-state index is 11.9. The monoisotopic (exact) mass is 262 g/mol. The third-order valence-corrected chi connectivity index (χ3v) is 3.21. The molecule has 1 aromatic heterocycles. The molecule has 1 heterocycles. The molecule has 1 amide bonds. The summed E-state index contributed by atoms with van der Waals surface area (Å²) in [4.78, 5) is 17.9. The first-order valence-electron chi connectivity index (χ1n) is 5.72. The van der Waals surface area contributed by atoms with Crippen LogP contribution in [0.25, 0.3) is 0 Å². The number of hydrogen-bond acceptors (Lipinski definition) is 3. The number of aromatic nitrogens is 1. The number of amides is 1. The van der Waals surface area contributed by atoms with E-state index in [0.29, 0.717) is 18.8 Å². The second-order valence-corrected chi connectivity index (χ2v) is 4.83. The summed E-state index contributed by atoms with van der Waals surface area (Å²) in [6, 6.07) is 3.92. The Kier molecular flexibility index (Phi) is 6.22. The van der Waals surface area contributed by atoms with E-state index in [9.17, 15) is 4.79 Å². The van der Waals surface area contributed by atoms with Gasteiger partial charge in [0.25, 0.3) is 0 Å². The molecular formula is C14H18N2OS. The van der Waals surface area contributed by atoms with Crippen LogP contribution in [0.2, 0.25) is 0 Å². The van der Waals surface area contributed by atoms with Crippen molar-refractivity contribution in [3.63, 3.8) is 0 Å². The molecule has 0 aliphatic heterocycles.